The van der Waals surface area contributed by atoms with Crippen LogP contribution in [0.15, 0.2) is 42.5 Å². The second kappa shape index (κ2) is 17.9. The van der Waals surface area contributed by atoms with Gasteiger partial charge in [0.25, 0.3) is 11.8 Å². The number of hydrogen-bond donors (Lipinski definition) is 6. The molecule has 0 fully saturated rings. The van der Waals surface area contributed by atoms with Gasteiger partial charge >= 0.3 is 0 Å². The molecule has 0 aliphatic heterocycles. The lowest BCUT2D eigenvalue weighted by atomic mass is 10.0. The third-order valence-corrected chi connectivity index (χ3v) is 6.09. The van der Waals surface area contributed by atoms with Crippen LogP contribution in [-0.2, 0) is 9.59 Å². The first-order valence-corrected chi connectivity index (χ1v) is 13.8. The topological polar surface area (TPSA) is 181 Å². The molecule has 222 valence electrons. The molecule has 0 radical (unpaired) electrons. The molecule has 0 spiro atoms. The number of nitrogens with one attached hydrogen (secondary N) is 4. The van der Waals surface area contributed by atoms with Crippen molar-refractivity contribution in [3.8, 4) is 17.9 Å². The normalized spacial score (nSPS) is 11.6. The number of carbonyl (C=O) groups excluding carboxylic acids is 4. The van der Waals surface area contributed by atoms with E-state index in [0.717, 1.165) is 25.7 Å². The maximum atomic E-state index is 13.1. The summed E-state index contributed by atoms with van der Waals surface area (Å²) in [5.74, 6) is 3.24. The molecule has 0 saturated heterocycles. The second-order valence-electron chi connectivity index (χ2n) is 9.44. The summed E-state index contributed by atoms with van der Waals surface area (Å²) < 4.78 is 0. The van der Waals surface area contributed by atoms with Crippen molar-refractivity contribution in [2.45, 2.75) is 51.6 Å². The van der Waals surface area contributed by atoms with Crippen molar-refractivity contribution in [2.24, 2.45) is 0 Å². The minimum Gasteiger partial charge on any atom is -0.394 e. The molecule has 0 saturated carbocycles. The average molecular weight is 576 g/mol. The van der Waals surface area contributed by atoms with E-state index in [0.29, 0.717) is 24.2 Å². The fourth-order valence-corrected chi connectivity index (χ4v) is 3.63. The van der Waals surface area contributed by atoms with E-state index in [-0.39, 0.29) is 16.7 Å². The molecule has 11 nitrogen and oxygen atoms in total. The molecular formula is C31H37N5O6. The third kappa shape index (κ3) is 10.7. The summed E-state index contributed by atoms with van der Waals surface area (Å²) in [6, 6.07) is 10.2. The van der Waals surface area contributed by atoms with Gasteiger partial charge in [-0.2, -0.15) is 5.26 Å². The first kappa shape index (κ1) is 33.5. The maximum Gasteiger partial charge on any atom is 0.252 e. The molecule has 2 aromatic rings. The molecule has 2 atom stereocenters. The molecule has 2 rings (SSSR count). The molecule has 2 unspecified atom stereocenters. The Kier molecular flexibility index (Phi) is 14.3. The lowest BCUT2D eigenvalue weighted by Gasteiger charge is -2.18. The third-order valence-electron chi connectivity index (χ3n) is 6.09. The summed E-state index contributed by atoms with van der Waals surface area (Å²) in [6.07, 6.45) is 3.19. The molecule has 6 N–H and O–H groups in total. The number of unbranched alkanes of at least 4 members (excludes halogenated alkanes) is 2. The van der Waals surface area contributed by atoms with Gasteiger partial charge in [0.1, 0.15) is 12.1 Å². The molecular weight excluding hydrogens is 538 g/mol. The highest BCUT2D eigenvalue weighted by atomic mass is 16.3. The highest BCUT2D eigenvalue weighted by Crippen LogP contribution is 2.12. The van der Waals surface area contributed by atoms with Crippen LogP contribution < -0.4 is 21.3 Å². The van der Waals surface area contributed by atoms with Gasteiger partial charge in [-0.15, -0.1) is 0 Å². The minimum atomic E-state index is -1.22. The minimum absolute atomic E-state index is 0.0143. The van der Waals surface area contributed by atoms with E-state index in [1.807, 2.05) is 19.9 Å². The maximum absolute atomic E-state index is 13.1. The van der Waals surface area contributed by atoms with Crippen molar-refractivity contribution in [3.05, 3.63) is 70.3 Å². The SMILES string of the molecule is CCCCNC(=O)C(CO)NC(=O)c1cc(C#Cc2ccc(C#N)cc2)cc(C(=O)NC(CO)C(=O)NCCCC)c1. The second-order valence-corrected chi connectivity index (χ2v) is 9.44. The predicted molar refractivity (Wildman–Crippen MR) is 156 cm³/mol. The van der Waals surface area contributed by atoms with Crippen LogP contribution in [0.2, 0.25) is 0 Å². The van der Waals surface area contributed by atoms with Gasteiger partial charge in [-0.1, -0.05) is 38.5 Å². The van der Waals surface area contributed by atoms with Crippen LogP contribution in [0.4, 0.5) is 0 Å². The Morgan fingerprint density at radius 1 is 0.714 bits per heavy atom. The Morgan fingerprint density at radius 2 is 1.14 bits per heavy atom. The molecule has 0 heterocycles. The number of aliphatic hydroxyl groups is 2. The lowest BCUT2D eigenvalue weighted by Crippen LogP contribution is -2.49. The van der Waals surface area contributed by atoms with Gasteiger partial charge in [-0.25, -0.2) is 0 Å². The molecule has 0 aliphatic carbocycles. The zero-order valence-corrected chi connectivity index (χ0v) is 23.8. The van der Waals surface area contributed by atoms with Gasteiger partial charge in [-0.05, 0) is 55.3 Å². The van der Waals surface area contributed by atoms with E-state index in [9.17, 15) is 29.4 Å². The number of rotatable bonds is 14. The quantitative estimate of drug-likeness (QED) is 0.143. The smallest absolute Gasteiger partial charge is 0.252 e. The van der Waals surface area contributed by atoms with Crippen LogP contribution in [0.3, 0.4) is 0 Å². The van der Waals surface area contributed by atoms with Crippen molar-refractivity contribution in [1.29, 1.82) is 5.26 Å². The van der Waals surface area contributed by atoms with Gasteiger partial charge < -0.3 is 31.5 Å². The Balaban J connectivity index is 2.37. The number of nitriles is 1. The molecule has 0 aliphatic rings. The molecule has 11 heteroatoms. The van der Waals surface area contributed by atoms with Crippen LogP contribution >= 0.6 is 0 Å². The van der Waals surface area contributed by atoms with Gasteiger partial charge in [-0.3, -0.25) is 19.2 Å². The van der Waals surface area contributed by atoms with Crippen LogP contribution in [0.5, 0.6) is 0 Å². The fourth-order valence-electron chi connectivity index (χ4n) is 3.63. The van der Waals surface area contributed by atoms with Crippen LogP contribution in [-0.4, -0.2) is 72.2 Å². The van der Waals surface area contributed by atoms with E-state index in [4.69, 9.17) is 5.26 Å². The summed E-state index contributed by atoms with van der Waals surface area (Å²) >= 11 is 0. The Bertz CT molecular complexity index is 1280. The molecule has 4 amide bonds. The Labute approximate surface area is 245 Å². The zero-order chi connectivity index (χ0) is 30.9. The summed E-state index contributed by atoms with van der Waals surface area (Å²) in [7, 11) is 0. The van der Waals surface area contributed by atoms with E-state index in [1.54, 1.807) is 24.3 Å². The number of carbonyl (C=O) groups is 4. The van der Waals surface area contributed by atoms with E-state index >= 15 is 0 Å². The number of aliphatic hydroxyl groups excluding tert-OH is 2. The summed E-state index contributed by atoms with van der Waals surface area (Å²) in [6.45, 7) is 3.43. The van der Waals surface area contributed by atoms with Crippen molar-refractivity contribution < 1.29 is 29.4 Å². The van der Waals surface area contributed by atoms with Crippen LogP contribution in [0, 0.1) is 23.2 Å². The predicted octanol–water partition coefficient (Wildman–Crippen LogP) is 0.972. The zero-order valence-electron chi connectivity index (χ0n) is 23.8. The standard InChI is InChI=1S/C31H37N5O6/c1-3-5-13-33-30(41)26(19-37)35-28(39)24-15-23(12-9-21-7-10-22(18-32)11-8-21)16-25(17-24)29(40)36-27(20-38)31(42)34-14-6-4-2/h7-8,10-11,15-17,26-27,37-38H,3-6,13-14,19-20H2,1-2H3,(H,33,41)(H,34,42)(H,35,39)(H,36,40). The van der Waals surface area contributed by atoms with E-state index in [1.165, 1.54) is 18.2 Å². The highest BCUT2D eigenvalue weighted by Gasteiger charge is 2.23. The Hall–Kier alpha value is -4.71. The lowest BCUT2D eigenvalue weighted by molar-refractivity contribution is -0.124. The van der Waals surface area contributed by atoms with E-state index in [2.05, 4.69) is 33.1 Å². The van der Waals surface area contributed by atoms with Gasteiger partial charge in [0.15, 0.2) is 0 Å². The molecule has 42 heavy (non-hydrogen) atoms. The number of amides is 4. The fraction of sp³-hybridized carbons (Fsp3) is 0.387. The van der Waals surface area contributed by atoms with Crippen LogP contribution in [0.1, 0.15) is 76.9 Å². The van der Waals surface area contributed by atoms with Gasteiger partial charge in [0, 0.05) is 35.3 Å². The first-order chi connectivity index (χ1) is 20.3. The Morgan fingerprint density at radius 3 is 1.55 bits per heavy atom. The summed E-state index contributed by atoms with van der Waals surface area (Å²) in [5, 5.41) is 38.7. The molecule has 0 aromatic heterocycles. The van der Waals surface area contributed by atoms with Crippen molar-refractivity contribution in [1.82, 2.24) is 21.3 Å². The highest BCUT2D eigenvalue weighted by molar-refractivity contribution is 6.02. The van der Waals surface area contributed by atoms with Crippen LogP contribution in [0.25, 0.3) is 0 Å². The summed E-state index contributed by atoms with van der Waals surface area (Å²) in [5.41, 5.74) is 1.30. The number of benzene rings is 2. The molecule has 0 bridgehead atoms. The largest absolute Gasteiger partial charge is 0.394 e. The average Bonchev–Trinajstić information content (AvgIpc) is 3.01. The monoisotopic (exact) mass is 575 g/mol. The van der Waals surface area contributed by atoms with Gasteiger partial charge in [0.2, 0.25) is 11.8 Å². The van der Waals surface area contributed by atoms with E-state index < -0.39 is 48.9 Å². The first-order valence-electron chi connectivity index (χ1n) is 13.8. The molecule has 2 aromatic carbocycles. The van der Waals surface area contributed by atoms with Crippen molar-refractivity contribution >= 4 is 23.6 Å². The number of nitrogens with zero attached hydrogens (tertiary/aromatic N) is 1. The number of hydrogen-bond acceptors (Lipinski definition) is 7. The van der Waals surface area contributed by atoms with Gasteiger partial charge in [0.05, 0.1) is 24.8 Å². The summed E-state index contributed by atoms with van der Waals surface area (Å²) in [4.78, 5) is 51.1. The van der Waals surface area contributed by atoms with Crippen molar-refractivity contribution in [3.63, 3.8) is 0 Å². The van der Waals surface area contributed by atoms with Crippen molar-refractivity contribution in [2.75, 3.05) is 26.3 Å².